The Morgan fingerprint density at radius 1 is 1.00 bits per heavy atom. The second kappa shape index (κ2) is 9.29. The molecule has 21 heavy (non-hydrogen) atoms. The van der Waals surface area contributed by atoms with Gasteiger partial charge in [-0.3, -0.25) is 9.59 Å². The number of ketones is 1. The number of amides is 1. The van der Waals surface area contributed by atoms with Gasteiger partial charge in [0, 0.05) is 18.7 Å². The molecule has 0 spiro atoms. The maximum Gasteiger partial charge on any atom is 0.252 e. The fourth-order valence-electron chi connectivity index (χ4n) is 2.38. The molecule has 4 nitrogen and oxygen atoms in total. The van der Waals surface area contributed by atoms with E-state index in [1.54, 1.807) is 24.3 Å². The Labute approximate surface area is 127 Å². The number of rotatable bonds is 9. The lowest BCUT2D eigenvalue weighted by molar-refractivity contribution is 0.0934. The van der Waals surface area contributed by atoms with Crippen LogP contribution in [-0.2, 0) is 0 Å². The molecule has 1 rings (SSSR count). The van der Waals surface area contributed by atoms with E-state index < -0.39 is 0 Å². The monoisotopic (exact) mass is 290 g/mol. The van der Waals surface area contributed by atoms with Gasteiger partial charge in [-0.05, 0) is 38.9 Å². The van der Waals surface area contributed by atoms with E-state index in [1.165, 1.54) is 6.92 Å². The van der Waals surface area contributed by atoms with Crippen molar-refractivity contribution in [1.82, 2.24) is 10.2 Å². The lowest BCUT2D eigenvalue weighted by Gasteiger charge is -2.21. The highest BCUT2D eigenvalue weighted by molar-refractivity contribution is 6.07. The summed E-state index contributed by atoms with van der Waals surface area (Å²) in [5, 5.41) is 2.91. The average molecular weight is 290 g/mol. The van der Waals surface area contributed by atoms with Crippen molar-refractivity contribution >= 4 is 11.7 Å². The quantitative estimate of drug-likeness (QED) is 0.711. The van der Waals surface area contributed by atoms with Gasteiger partial charge >= 0.3 is 0 Å². The van der Waals surface area contributed by atoms with E-state index in [1.807, 2.05) is 0 Å². The first-order valence-electron chi connectivity index (χ1n) is 7.70. The van der Waals surface area contributed by atoms with Gasteiger partial charge in [0.05, 0.1) is 5.56 Å². The molecule has 0 bridgehead atoms. The Hall–Kier alpha value is -1.68. The zero-order chi connectivity index (χ0) is 15.7. The van der Waals surface area contributed by atoms with Crippen molar-refractivity contribution in [3.63, 3.8) is 0 Å². The number of hydrogen-bond acceptors (Lipinski definition) is 3. The standard InChI is InChI=1S/C17H26N2O2/c1-4-11-19(12-5-2)13-10-18-17(21)16-9-7-6-8-15(16)14(3)20/h6-9H,4-5,10-13H2,1-3H3,(H,18,21). The first kappa shape index (κ1) is 17.4. The first-order chi connectivity index (χ1) is 10.1. The van der Waals surface area contributed by atoms with Crippen molar-refractivity contribution in [2.75, 3.05) is 26.2 Å². The molecule has 0 saturated heterocycles. The molecule has 0 aliphatic carbocycles. The zero-order valence-electron chi connectivity index (χ0n) is 13.3. The topological polar surface area (TPSA) is 49.4 Å². The molecule has 0 saturated carbocycles. The van der Waals surface area contributed by atoms with E-state index in [0.717, 1.165) is 32.5 Å². The third kappa shape index (κ3) is 5.68. The molecule has 1 amide bonds. The highest BCUT2D eigenvalue weighted by Crippen LogP contribution is 2.09. The molecule has 0 aliphatic heterocycles. The lowest BCUT2D eigenvalue weighted by atomic mass is 10.0. The maximum absolute atomic E-state index is 12.2. The Morgan fingerprint density at radius 3 is 2.10 bits per heavy atom. The van der Waals surface area contributed by atoms with Gasteiger partial charge in [0.2, 0.25) is 0 Å². The van der Waals surface area contributed by atoms with Crippen LogP contribution in [0.2, 0.25) is 0 Å². The molecular weight excluding hydrogens is 264 g/mol. The third-order valence-corrected chi connectivity index (χ3v) is 3.34. The summed E-state index contributed by atoms with van der Waals surface area (Å²) >= 11 is 0. The molecule has 116 valence electrons. The van der Waals surface area contributed by atoms with Crippen LogP contribution in [0, 0.1) is 0 Å². The number of Topliss-reactive ketones (excluding diaryl/α,β-unsaturated/α-hetero) is 1. The molecule has 0 radical (unpaired) electrons. The number of carbonyl (C=O) groups excluding carboxylic acids is 2. The molecule has 1 N–H and O–H groups in total. The average Bonchev–Trinajstić information content (AvgIpc) is 2.47. The van der Waals surface area contributed by atoms with Gasteiger partial charge in [0.1, 0.15) is 0 Å². The van der Waals surface area contributed by atoms with E-state index in [2.05, 4.69) is 24.1 Å². The van der Waals surface area contributed by atoms with Crippen molar-refractivity contribution in [3.05, 3.63) is 35.4 Å². The van der Waals surface area contributed by atoms with Crippen LogP contribution in [0.4, 0.5) is 0 Å². The minimum atomic E-state index is -0.172. The Morgan fingerprint density at radius 2 is 1.57 bits per heavy atom. The summed E-state index contributed by atoms with van der Waals surface area (Å²) in [6.45, 7) is 9.34. The Bertz CT molecular complexity index is 466. The van der Waals surface area contributed by atoms with E-state index in [9.17, 15) is 9.59 Å². The smallest absolute Gasteiger partial charge is 0.252 e. The van der Waals surface area contributed by atoms with Gasteiger partial charge in [0.15, 0.2) is 5.78 Å². The minimum absolute atomic E-state index is 0.0839. The Balaban J connectivity index is 2.56. The van der Waals surface area contributed by atoms with E-state index in [4.69, 9.17) is 0 Å². The SMILES string of the molecule is CCCN(CCC)CCNC(=O)c1ccccc1C(C)=O. The van der Waals surface area contributed by atoms with Crippen molar-refractivity contribution in [3.8, 4) is 0 Å². The van der Waals surface area contributed by atoms with E-state index in [-0.39, 0.29) is 11.7 Å². The number of carbonyl (C=O) groups is 2. The molecule has 1 aromatic rings. The van der Waals surface area contributed by atoms with Gasteiger partial charge in [-0.25, -0.2) is 0 Å². The fourth-order valence-corrected chi connectivity index (χ4v) is 2.38. The summed E-state index contributed by atoms with van der Waals surface area (Å²) < 4.78 is 0. The van der Waals surface area contributed by atoms with Crippen molar-refractivity contribution in [1.29, 1.82) is 0 Å². The molecule has 1 aromatic carbocycles. The highest BCUT2D eigenvalue weighted by atomic mass is 16.2. The number of hydrogen-bond donors (Lipinski definition) is 1. The molecule has 0 heterocycles. The van der Waals surface area contributed by atoms with Gasteiger partial charge in [0.25, 0.3) is 5.91 Å². The summed E-state index contributed by atoms with van der Waals surface area (Å²) in [6, 6.07) is 6.94. The number of nitrogens with one attached hydrogen (secondary N) is 1. The van der Waals surface area contributed by atoms with E-state index in [0.29, 0.717) is 17.7 Å². The zero-order valence-corrected chi connectivity index (χ0v) is 13.3. The second-order valence-electron chi connectivity index (χ2n) is 5.20. The van der Waals surface area contributed by atoms with E-state index >= 15 is 0 Å². The van der Waals surface area contributed by atoms with Crippen LogP contribution < -0.4 is 5.32 Å². The highest BCUT2D eigenvalue weighted by Gasteiger charge is 2.13. The summed E-state index contributed by atoms with van der Waals surface area (Å²) in [4.78, 5) is 26.1. The van der Waals surface area contributed by atoms with Gasteiger partial charge in [-0.15, -0.1) is 0 Å². The Kier molecular flexibility index (Phi) is 7.69. The van der Waals surface area contributed by atoms with Crippen LogP contribution in [0.5, 0.6) is 0 Å². The minimum Gasteiger partial charge on any atom is -0.351 e. The van der Waals surface area contributed by atoms with Crippen LogP contribution >= 0.6 is 0 Å². The van der Waals surface area contributed by atoms with Crippen LogP contribution in [0.3, 0.4) is 0 Å². The molecule has 0 unspecified atom stereocenters. The molecular formula is C17H26N2O2. The lowest BCUT2D eigenvalue weighted by Crippen LogP contribution is -2.36. The predicted molar refractivity (Wildman–Crippen MR) is 85.8 cm³/mol. The van der Waals surface area contributed by atoms with Crippen molar-refractivity contribution in [2.24, 2.45) is 0 Å². The number of benzene rings is 1. The molecule has 0 aromatic heterocycles. The van der Waals surface area contributed by atoms with Crippen LogP contribution in [0.15, 0.2) is 24.3 Å². The molecule has 0 fully saturated rings. The molecule has 0 atom stereocenters. The normalized spacial score (nSPS) is 10.7. The maximum atomic E-state index is 12.2. The summed E-state index contributed by atoms with van der Waals surface area (Å²) in [6.07, 6.45) is 2.22. The summed E-state index contributed by atoms with van der Waals surface area (Å²) in [5.41, 5.74) is 0.941. The van der Waals surface area contributed by atoms with Crippen LogP contribution in [0.1, 0.15) is 54.3 Å². The molecule has 0 aliphatic rings. The first-order valence-corrected chi connectivity index (χ1v) is 7.70. The second-order valence-corrected chi connectivity index (χ2v) is 5.20. The van der Waals surface area contributed by atoms with Gasteiger partial charge in [-0.1, -0.05) is 32.0 Å². The third-order valence-electron chi connectivity index (χ3n) is 3.34. The fraction of sp³-hybridized carbons (Fsp3) is 0.529. The van der Waals surface area contributed by atoms with Crippen molar-refractivity contribution < 1.29 is 9.59 Å². The van der Waals surface area contributed by atoms with Crippen molar-refractivity contribution in [2.45, 2.75) is 33.6 Å². The summed E-state index contributed by atoms with van der Waals surface area (Å²) in [5.74, 6) is -0.256. The summed E-state index contributed by atoms with van der Waals surface area (Å²) in [7, 11) is 0. The predicted octanol–water partition coefficient (Wildman–Crippen LogP) is 2.74. The van der Waals surface area contributed by atoms with Gasteiger partial charge < -0.3 is 10.2 Å². The van der Waals surface area contributed by atoms with Crippen LogP contribution in [0.25, 0.3) is 0 Å². The van der Waals surface area contributed by atoms with Crippen LogP contribution in [-0.4, -0.2) is 42.8 Å². The molecule has 4 heteroatoms. The number of nitrogens with zero attached hydrogens (tertiary/aromatic N) is 1. The van der Waals surface area contributed by atoms with Gasteiger partial charge in [-0.2, -0.15) is 0 Å². The largest absolute Gasteiger partial charge is 0.351 e.